The Morgan fingerprint density at radius 2 is 1.87 bits per heavy atom. The third-order valence-corrected chi connectivity index (χ3v) is 2.67. The first-order valence-electron chi connectivity index (χ1n) is 6.68. The molecular weight excluding hydrogens is 324 g/mol. The molecule has 0 saturated heterocycles. The molecule has 0 aromatic heterocycles. The van der Waals surface area contributed by atoms with Gasteiger partial charge in [-0.2, -0.15) is 0 Å². The monoisotopic (exact) mass is 340 g/mol. The van der Waals surface area contributed by atoms with Crippen molar-refractivity contribution in [1.82, 2.24) is 16.2 Å². The zero-order chi connectivity index (χ0) is 17.2. The average molecular weight is 340 g/mol. The van der Waals surface area contributed by atoms with Crippen LogP contribution in [0.15, 0.2) is 24.3 Å². The van der Waals surface area contributed by atoms with Crippen LogP contribution in [0.2, 0.25) is 0 Å². The summed E-state index contributed by atoms with van der Waals surface area (Å²) in [4.78, 5) is 32.8. The third-order valence-electron chi connectivity index (χ3n) is 2.46. The van der Waals surface area contributed by atoms with Gasteiger partial charge in [-0.05, 0) is 30.8 Å². The van der Waals surface area contributed by atoms with Crippen LogP contribution in [0.1, 0.15) is 19.8 Å². The highest BCUT2D eigenvalue weighted by Crippen LogP contribution is 2.16. The molecule has 0 radical (unpaired) electrons. The van der Waals surface area contributed by atoms with Crippen LogP contribution in [0.5, 0.6) is 5.75 Å². The van der Waals surface area contributed by atoms with Crippen LogP contribution in [0.3, 0.4) is 0 Å². The van der Waals surface area contributed by atoms with Gasteiger partial charge in [-0.3, -0.25) is 30.6 Å². The van der Waals surface area contributed by atoms with Crippen LogP contribution >= 0.6 is 12.2 Å². The molecule has 3 N–H and O–H groups in total. The van der Waals surface area contributed by atoms with Crippen LogP contribution < -0.4 is 20.9 Å². The SMILES string of the molecule is CCCC(=O)NC(=S)NNC(=O)COc1ccc([N+](=O)[O-])cc1. The van der Waals surface area contributed by atoms with Crippen molar-refractivity contribution in [2.45, 2.75) is 19.8 Å². The normalized spacial score (nSPS) is 9.61. The Hall–Kier alpha value is -2.75. The number of amides is 2. The molecule has 0 bridgehead atoms. The Balaban J connectivity index is 2.30. The molecule has 23 heavy (non-hydrogen) atoms. The lowest BCUT2D eigenvalue weighted by Gasteiger charge is -2.11. The van der Waals surface area contributed by atoms with Crippen molar-refractivity contribution in [3.05, 3.63) is 34.4 Å². The fourth-order valence-corrected chi connectivity index (χ4v) is 1.59. The maximum Gasteiger partial charge on any atom is 0.276 e. The van der Waals surface area contributed by atoms with E-state index >= 15 is 0 Å². The van der Waals surface area contributed by atoms with E-state index in [1.54, 1.807) is 0 Å². The maximum absolute atomic E-state index is 11.5. The highest BCUT2D eigenvalue weighted by molar-refractivity contribution is 7.80. The number of nitrogens with one attached hydrogen (secondary N) is 3. The van der Waals surface area contributed by atoms with Crippen molar-refractivity contribution in [2.75, 3.05) is 6.61 Å². The van der Waals surface area contributed by atoms with E-state index in [0.29, 0.717) is 18.6 Å². The minimum Gasteiger partial charge on any atom is -0.484 e. The standard InChI is InChI=1S/C13H16N4O5S/c1-2-3-11(18)14-13(23)16-15-12(19)8-22-10-6-4-9(5-7-10)17(20)21/h4-7H,2-3,8H2,1H3,(H,15,19)(H2,14,16,18,23). The van der Waals surface area contributed by atoms with Gasteiger partial charge in [0.25, 0.3) is 11.6 Å². The summed E-state index contributed by atoms with van der Waals surface area (Å²) in [5, 5.41) is 12.9. The second-order valence-electron chi connectivity index (χ2n) is 4.34. The van der Waals surface area contributed by atoms with Gasteiger partial charge in [0.2, 0.25) is 5.91 Å². The summed E-state index contributed by atoms with van der Waals surface area (Å²) in [6.45, 7) is 1.53. The molecule has 0 aliphatic heterocycles. The van der Waals surface area contributed by atoms with Crippen molar-refractivity contribution in [1.29, 1.82) is 0 Å². The van der Waals surface area contributed by atoms with E-state index in [1.165, 1.54) is 24.3 Å². The van der Waals surface area contributed by atoms with E-state index in [4.69, 9.17) is 17.0 Å². The summed E-state index contributed by atoms with van der Waals surface area (Å²) < 4.78 is 5.15. The molecule has 1 rings (SSSR count). The molecule has 0 aliphatic rings. The third kappa shape index (κ3) is 7.18. The van der Waals surface area contributed by atoms with Gasteiger partial charge in [0.1, 0.15) is 5.75 Å². The number of nitrogens with zero attached hydrogens (tertiary/aromatic N) is 1. The van der Waals surface area contributed by atoms with E-state index in [1.807, 2.05) is 6.92 Å². The van der Waals surface area contributed by atoms with Gasteiger partial charge in [-0.1, -0.05) is 6.92 Å². The second kappa shape index (κ2) is 9.30. The molecule has 1 aromatic rings. The number of ether oxygens (including phenoxy) is 1. The van der Waals surface area contributed by atoms with Crippen molar-refractivity contribution < 1.29 is 19.2 Å². The largest absolute Gasteiger partial charge is 0.484 e. The molecule has 0 heterocycles. The number of carbonyl (C=O) groups is 2. The average Bonchev–Trinajstić information content (AvgIpc) is 2.51. The molecule has 9 nitrogen and oxygen atoms in total. The molecule has 0 fully saturated rings. The second-order valence-corrected chi connectivity index (χ2v) is 4.75. The number of hydrazine groups is 1. The molecule has 2 amide bonds. The van der Waals surface area contributed by atoms with E-state index in [-0.39, 0.29) is 23.3 Å². The van der Waals surface area contributed by atoms with Crippen molar-refractivity contribution in [3.8, 4) is 5.75 Å². The zero-order valence-corrected chi connectivity index (χ0v) is 13.1. The van der Waals surface area contributed by atoms with Gasteiger partial charge >= 0.3 is 0 Å². The molecule has 0 spiro atoms. The number of hydrogen-bond donors (Lipinski definition) is 3. The number of thiocarbonyl (C=S) groups is 1. The maximum atomic E-state index is 11.5. The summed E-state index contributed by atoms with van der Waals surface area (Å²) in [6.07, 6.45) is 1.02. The number of hydrogen-bond acceptors (Lipinski definition) is 6. The Morgan fingerprint density at radius 3 is 2.43 bits per heavy atom. The van der Waals surface area contributed by atoms with Gasteiger partial charge in [0.05, 0.1) is 4.92 Å². The van der Waals surface area contributed by atoms with Crippen LogP contribution in [-0.2, 0) is 9.59 Å². The van der Waals surface area contributed by atoms with Crippen LogP contribution in [0.4, 0.5) is 5.69 Å². The predicted molar refractivity (Wildman–Crippen MR) is 85.5 cm³/mol. The van der Waals surface area contributed by atoms with Crippen LogP contribution in [-0.4, -0.2) is 28.5 Å². The summed E-state index contributed by atoms with van der Waals surface area (Å²) in [5.41, 5.74) is 4.54. The summed E-state index contributed by atoms with van der Waals surface area (Å²) in [6, 6.07) is 5.30. The summed E-state index contributed by atoms with van der Waals surface area (Å²) in [5.74, 6) is -0.471. The van der Waals surface area contributed by atoms with Gasteiger partial charge in [-0.25, -0.2) is 0 Å². The summed E-state index contributed by atoms with van der Waals surface area (Å²) >= 11 is 4.82. The fraction of sp³-hybridized carbons (Fsp3) is 0.308. The molecule has 0 unspecified atom stereocenters. The first-order valence-corrected chi connectivity index (χ1v) is 7.09. The Morgan fingerprint density at radius 1 is 1.22 bits per heavy atom. The van der Waals surface area contributed by atoms with E-state index < -0.39 is 10.8 Å². The zero-order valence-electron chi connectivity index (χ0n) is 12.3. The topological polar surface area (TPSA) is 123 Å². The van der Waals surface area contributed by atoms with E-state index in [9.17, 15) is 19.7 Å². The number of nitro benzene ring substituents is 1. The Bertz CT molecular complexity index is 591. The highest BCUT2D eigenvalue weighted by Gasteiger charge is 2.07. The molecular formula is C13H16N4O5S. The minimum atomic E-state index is -0.534. The highest BCUT2D eigenvalue weighted by atomic mass is 32.1. The lowest BCUT2D eigenvalue weighted by atomic mass is 10.3. The lowest BCUT2D eigenvalue weighted by Crippen LogP contribution is -2.49. The number of non-ortho nitro benzene ring substituents is 1. The van der Waals surface area contributed by atoms with Crippen molar-refractivity contribution >= 4 is 34.8 Å². The van der Waals surface area contributed by atoms with Crippen molar-refractivity contribution in [2.24, 2.45) is 0 Å². The smallest absolute Gasteiger partial charge is 0.276 e. The van der Waals surface area contributed by atoms with Gasteiger partial charge in [0.15, 0.2) is 11.7 Å². The summed E-state index contributed by atoms with van der Waals surface area (Å²) in [7, 11) is 0. The number of rotatable bonds is 6. The van der Waals surface area contributed by atoms with Gasteiger partial charge in [0, 0.05) is 18.6 Å². The first kappa shape index (κ1) is 18.3. The molecule has 0 aliphatic carbocycles. The van der Waals surface area contributed by atoms with Gasteiger partial charge < -0.3 is 10.1 Å². The predicted octanol–water partition coefficient (Wildman–Crippen LogP) is 0.796. The first-order chi connectivity index (χ1) is 10.9. The Labute approximate surface area is 137 Å². The fourth-order valence-electron chi connectivity index (χ4n) is 1.42. The molecule has 10 heteroatoms. The van der Waals surface area contributed by atoms with Crippen molar-refractivity contribution in [3.63, 3.8) is 0 Å². The molecule has 124 valence electrons. The minimum absolute atomic E-state index is 0.0212. The number of benzene rings is 1. The number of carbonyl (C=O) groups excluding carboxylic acids is 2. The quantitative estimate of drug-likeness (QED) is 0.397. The van der Waals surface area contributed by atoms with Gasteiger partial charge in [-0.15, -0.1) is 0 Å². The van der Waals surface area contributed by atoms with E-state index in [2.05, 4.69) is 16.2 Å². The van der Waals surface area contributed by atoms with E-state index in [0.717, 1.165) is 0 Å². The number of nitro groups is 1. The van der Waals surface area contributed by atoms with Crippen LogP contribution in [0, 0.1) is 10.1 Å². The lowest BCUT2D eigenvalue weighted by molar-refractivity contribution is -0.384. The van der Waals surface area contributed by atoms with Crippen LogP contribution in [0.25, 0.3) is 0 Å². The Kier molecular flexibility index (Phi) is 7.40. The molecule has 0 saturated carbocycles. The molecule has 0 atom stereocenters. The molecule has 1 aromatic carbocycles.